The molecule has 1 N–H and O–H groups in total. The minimum absolute atomic E-state index is 0.179. The maximum atomic E-state index is 11.5. The molecule has 0 aromatic rings. The van der Waals surface area contributed by atoms with Gasteiger partial charge >= 0.3 is 0 Å². The number of oxime groups is 1. The molecule has 6 heteroatoms. The maximum absolute atomic E-state index is 11.5. The van der Waals surface area contributed by atoms with Crippen molar-refractivity contribution >= 4 is 43.4 Å². The van der Waals surface area contributed by atoms with E-state index in [1.807, 2.05) is 6.92 Å². The molecule has 1 spiro atoms. The van der Waals surface area contributed by atoms with Crippen LogP contribution in [0.15, 0.2) is 15.7 Å². The van der Waals surface area contributed by atoms with E-state index in [4.69, 9.17) is 4.84 Å². The summed E-state index contributed by atoms with van der Waals surface area (Å²) in [6.45, 7) is 1.82. The fraction of sp³-hybridized carbons (Fsp3) is 0.556. The molecule has 0 aromatic heterocycles. The number of allylic oxidation sites excluding steroid dienone is 1. The van der Waals surface area contributed by atoms with E-state index in [-0.39, 0.29) is 5.78 Å². The van der Waals surface area contributed by atoms with Crippen molar-refractivity contribution < 1.29 is 14.7 Å². The molecule has 1 aliphatic heterocycles. The maximum Gasteiger partial charge on any atom is 0.189 e. The summed E-state index contributed by atoms with van der Waals surface area (Å²) in [5.41, 5.74) is -0.0926. The van der Waals surface area contributed by atoms with E-state index in [0.717, 1.165) is 5.71 Å². The van der Waals surface area contributed by atoms with Gasteiger partial charge in [-0.15, -0.1) is 0 Å². The van der Waals surface area contributed by atoms with Gasteiger partial charge in [0.05, 0.1) is 10.2 Å². The van der Waals surface area contributed by atoms with Crippen LogP contribution in [-0.4, -0.2) is 33.1 Å². The molecule has 3 atom stereocenters. The fourth-order valence-corrected chi connectivity index (χ4v) is 3.39. The van der Waals surface area contributed by atoms with Crippen molar-refractivity contribution in [2.45, 2.75) is 29.9 Å². The molecule has 4 nitrogen and oxygen atoms in total. The van der Waals surface area contributed by atoms with Crippen molar-refractivity contribution in [1.82, 2.24) is 0 Å². The van der Waals surface area contributed by atoms with Crippen LogP contribution in [0.4, 0.5) is 0 Å². The van der Waals surface area contributed by atoms with E-state index in [0.29, 0.717) is 10.9 Å². The van der Waals surface area contributed by atoms with Crippen molar-refractivity contribution in [3.05, 3.63) is 10.6 Å². The highest BCUT2D eigenvalue weighted by atomic mass is 79.9. The van der Waals surface area contributed by atoms with Gasteiger partial charge in [0, 0.05) is 6.42 Å². The Morgan fingerprint density at radius 1 is 1.73 bits per heavy atom. The van der Waals surface area contributed by atoms with Gasteiger partial charge in [0.15, 0.2) is 11.4 Å². The Morgan fingerprint density at radius 2 is 2.40 bits per heavy atom. The number of carbonyl (C=O) groups excluding carboxylic acids is 1. The summed E-state index contributed by atoms with van der Waals surface area (Å²) in [7, 11) is 0. The Balaban J connectivity index is 2.38. The lowest BCUT2D eigenvalue weighted by atomic mass is 9.84. The third kappa shape index (κ3) is 1.68. The molecule has 0 saturated carbocycles. The number of alkyl halides is 1. The van der Waals surface area contributed by atoms with Crippen LogP contribution in [0.2, 0.25) is 0 Å². The number of ketones is 1. The molecule has 1 aliphatic carbocycles. The molecular formula is C9H9Br2NO3. The van der Waals surface area contributed by atoms with Crippen LogP contribution >= 0.6 is 31.9 Å². The number of halogens is 2. The molecule has 1 heterocycles. The average molecular weight is 339 g/mol. The lowest BCUT2D eigenvalue weighted by Crippen LogP contribution is -2.51. The van der Waals surface area contributed by atoms with Crippen LogP contribution in [0.3, 0.4) is 0 Å². The van der Waals surface area contributed by atoms with Gasteiger partial charge in [-0.05, 0) is 28.9 Å². The number of aliphatic hydroxyl groups excluding tert-OH is 1. The van der Waals surface area contributed by atoms with Gasteiger partial charge in [-0.3, -0.25) is 4.79 Å². The van der Waals surface area contributed by atoms with E-state index >= 15 is 0 Å². The zero-order chi connectivity index (χ0) is 11.2. The normalized spacial score (nSPS) is 40.1. The molecule has 0 amide bonds. The predicted octanol–water partition coefficient (Wildman–Crippen LogP) is 1.51. The smallest absolute Gasteiger partial charge is 0.189 e. The molecule has 0 bridgehead atoms. The Morgan fingerprint density at radius 3 is 2.93 bits per heavy atom. The summed E-state index contributed by atoms with van der Waals surface area (Å²) in [5, 5.41) is 13.8. The van der Waals surface area contributed by atoms with Gasteiger partial charge in [0.1, 0.15) is 10.9 Å². The van der Waals surface area contributed by atoms with Crippen molar-refractivity contribution in [1.29, 1.82) is 0 Å². The Labute approximate surface area is 104 Å². The topological polar surface area (TPSA) is 58.9 Å². The molecule has 0 fully saturated rings. The lowest BCUT2D eigenvalue weighted by molar-refractivity contribution is -0.124. The van der Waals surface area contributed by atoms with Gasteiger partial charge in [-0.25, -0.2) is 0 Å². The monoisotopic (exact) mass is 337 g/mol. The van der Waals surface area contributed by atoms with Crippen molar-refractivity contribution in [2.75, 3.05) is 0 Å². The number of hydrogen-bond acceptors (Lipinski definition) is 4. The van der Waals surface area contributed by atoms with Crippen molar-refractivity contribution in [3.63, 3.8) is 0 Å². The van der Waals surface area contributed by atoms with Crippen LogP contribution in [-0.2, 0) is 9.63 Å². The minimum atomic E-state index is -0.924. The van der Waals surface area contributed by atoms with Gasteiger partial charge in [0.25, 0.3) is 0 Å². The average Bonchev–Trinajstić information content (AvgIpc) is 2.55. The van der Waals surface area contributed by atoms with Crippen LogP contribution in [0, 0.1) is 0 Å². The minimum Gasteiger partial charge on any atom is -0.387 e. The van der Waals surface area contributed by atoms with Crippen LogP contribution < -0.4 is 0 Å². The Hall–Kier alpha value is -0.200. The van der Waals surface area contributed by atoms with Crippen molar-refractivity contribution in [2.24, 2.45) is 5.16 Å². The summed E-state index contributed by atoms with van der Waals surface area (Å²) in [4.78, 5) is 16.1. The molecular weight excluding hydrogens is 330 g/mol. The standard InChI is InChI=1S/C9H9Br2NO3/c1-4-2-9(15-12-4)3-5(10)7(13)6(11)8(9)14/h3,6,8,14H,2H2,1H3/t6-,8+,9-/m0/s1. The van der Waals surface area contributed by atoms with Crippen LogP contribution in [0.5, 0.6) is 0 Å². The summed E-state index contributed by atoms with van der Waals surface area (Å²) in [6, 6.07) is 0. The predicted molar refractivity (Wildman–Crippen MR) is 62.3 cm³/mol. The Bertz CT molecular complexity index is 380. The first-order valence-corrected chi connectivity index (χ1v) is 6.13. The molecule has 0 saturated heterocycles. The second kappa shape index (κ2) is 3.68. The summed E-state index contributed by atoms with van der Waals surface area (Å²) < 4.78 is 0.416. The molecule has 82 valence electrons. The number of rotatable bonds is 0. The summed E-state index contributed by atoms with van der Waals surface area (Å²) in [5.74, 6) is -0.179. The third-order valence-corrected chi connectivity index (χ3v) is 4.07. The number of nitrogens with zero attached hydrogens (tertiary/aromatic N) is 1. The summed E-state index contributed by atoms with van der Waals surface area (Å²) in [6.07, 6.45) is 1.17. The highest BCUT2D eigenvalue weighted by molar-refractivity contribution is 9.12. The molecule has 2 rings (SSSR count). The largest absolute Gasteiger partial charge is 0.387 e. The van der Waals surface area contributed by atoms with E-state index in [2.05, 4.69) is 37.0 Å². The zero-order valence-electron chi connectivity index (χ0n) is 7.91. The second-order valence-corrected chi connectivity index (χ2v) is 5.59. The first-order chi connectivity index (χ1) is 6.96. The SMILES string of the molecule is CC1=NO[C@]2(C=C(Br)C(=O)[C@H](Br)[C@H]2O)C1. The second-order valence-electron chi connectivity index (χ2n) is 3.75. The first-order valence-electron chi connectivity index (χ1n) is 4.42. The van der Waals surface area contributed by atoms with Crippen LogP contribution in [0.1, 0.15) is 13.3 Å². The quantitative estimate of drug-likeness (QED) is 0.681. The van der Waals surface area contributed by atoms with Gasteiger partial charge < -0.3 is 9.94 Å². The third-order valence-electron chi connectivity index (χ3n) is 2.54. The lowest BCUT2D eigenvalue weighted by Gasteiger charge is -2.34. The number of Topliss-reactive ketones (excluding diaryl/α,β-unsaturated/α-hetero) is 1. The molecule has 0 radical (unpaired) electrons. The fourth-order valence-electron chi connectivity index (χ4n) is 1.76. The van der Waals surface area contributed by atoms with Crippen LogP contribution in [0.25, 0.3) is 0 Å². The van der Waals surface area contributed by atoms with Crippen molar-refractivity contribution in [3.8, 4) is 0 Å². The first kappa shape index (κ1) is 11.3. The zero-order valence-corrected chi connectivity index (χ0v) is 11.1. The Kier molecular flexibility index (Phi) is 2.77. The van der Waals surface area contributed by atoms with E-state index in [1.54, 1.807) is 6.08 Å². The number of hydrogen-bond donors (Lipinski definition) is 1. The summed E-state index contributed by atoms with van der Waals surface area (Å²) >= 11 is 6.33. The molecule has 2 aliphatic rings. The number of carbonyl (C=O) groups is 1. The highest BCUT2D eigenvalue weighted by Gasteiger charge is 2.51. The van der Waals surface area contributed by atoms with E-state index in [9.17, 15) is 9.90 Å². The molecule has 0 unspecified atom stereocenters. The molecule has 0 aromatic carbocycles. The number of aliphatic hydroxyl groups is 1. The van der Waals surface area contributed by atoms with E-state index < -0.39 is 16.5 Å². The van der Waals surface area contributed by atoms with E-state index in [1.165, 1.54) is 0 Å². The highest BCUT2D eigenvalue weighted by Crippen LogP contribution is 2.39. The van der Waals surface area contributed by atoms with Gasteiger partial charge in [-0.2, -0.15) is 0 Å². The van der Waals surface area contributed by atoms with Gasteiger partial charge in [0.2, 0.25) is 0 Å². The van der Waals surface area contributed by atoms with Gasteiger partial charge in [-0.1, -0.05) is 21.1 Å². The molecule has 15 heavy (non-hydrogen) atoms.